The molecule has 8 heteroatoms. The van der Waals surface area contributed by atoms with Crippen LogP contribution in [0.25, 0.3) is 22.3 Å². The summed E-state index contributed by atoms with van der Waals surface area (Å²) in [5.41, 5.74) is 3.27. The first-order chi connectivity index (χ1) is 13.4. The topological polar surface area (TPSA) is 80.8 Å². The Kier molecular flexibility index (Phi) is 4.40. The Bertz CT molecular complexity index is 1270. The fourth-order valence-corrected chi connectivity index (χ4v) is 3.80. The summed E-state index contributed by atoms with van der Waals surface area (Å²) in [7, 11) is 3.95. The highest BCUT2D eigenvalue weighted by molar-refractivity contribution is 7.15. The summed E-state index contributed by atoms with van der Waals surface area (Å²) in [6.45, 7) is 0. The van der Waals surface area contributed by atoms with Crippen LogP contribution in [0.3, 0.4) is 0 Å². The number of aromatic nitrogens is 2. The van der Waals surface area contributed by atoms with Gasteiger partial charge in [0.05, 0.1) is 15.1 Å². The lowest BCUT2D eigenvalue weighted by molar-refractivity contribution is -0.384. The maximum atomic E-state index is 12.7. The van der Waals surface area contributed by atoms with Crippen molar-refractivity contribution < 1.29 is 4.92 Å². The minimum atomic E-state index is -0.446. The van der Waals surface area contributed by atoms with Gasteiger partial charge in [-0.3, -0.25) is 19.3 Å². The third-order valence-electron chi connectivity index (χ3n) is 4.39. The van der Waals surface area contributed by atoms with Crippen LogP contribution in [-0.2, 0) is 0 Å². The zero-order valence-electron chi connectivity index (χ0n) is 15.2. The van der Waals surface area contributed by atoms with E-state index in [0.717, 1.165) is 16.8 Å². The number of fused-ring (bicyclic) bond motifs is 1. The predicted molar refractivity (Wildman–Crippen MR) is 111 cm³/mol. The highest BCUT2D eigenvalue weighted by atomic mass is 32.1. The monoisotopic (exact) mass is 392 g/mol. The van der Waals surface area contributed by atoms with Crippen LogP contribution in [0.1, 0.15) is 5.56 Å². The normalized spacial score (nSPS) is 11.9. The van der Waals surface area contributed by atoms with Gasteiger partial charge in [-0.15, -0.1) is 0 Å². The number of nitro groups is 1. The number of non-ortho nitro benzene ring substituents is 1. The van der Waals surface area contributed by atoms with Crippen LogP contribution in [0.15, 0.2) is 59.5 Å². The Labute approximate surface area is 164 Å². The van der Waals surface area contributed by atoms with E-state index in [4.69, 9.17) is 0 Å². The lowest BCUT2D eigenvalue weighted by Gasteiger charge is -2.11. The summed E-state index contributed by atoms with van der Waals surface area (Å²) in [5.74, 6) is 0. The van der Waals surface area contributed by atoms with Crippen molar-refractivity contribution in [2.45, 2.75) is 0 Å². The standard InChI is InChI=1S/C20H16N4O3S/c1-22(2)15-7-3-13(4-8-15)11-18-19(25)23-12-17(21-20(23)28-18)14-5-9-16(10-6-14)24(26)27/h3-12H,1-2H3. The van der Waals surface area contributed by atoms with E-state index in [0.29, 0.717) is 15.2 Å². The second-order valence-corrected chi connectivity index (χ2v) is 7.49. The minimum Gasteiger partial charge on any atom is -0.378 e. The predicted octanol–water partition coefficient (Wildman–Crippen LogP) is 2.94. The van der Waals surface area contributed by atoms with E-state index in [-0.39, 0.29) is 11.2 Å². The van der Waals surface area contributed by atoms with E-state index in [1.165, 1.54) is 27.9 Å². The van der Waals surface area contributed by atoms with Gasteiger partial charge in [0.2, 0.25) is 0 Å². The molecule has 0 radical (unpaired) electrons. The first-order valence-electron chi connectivity index (χ1n) is 8.48. The first-order valence-corrected chi connectivity index (χ1v) is 9.30. The number of anilines is 1. The Morgan fingerprint density at radius 3 is 2.36 bits per heavy atom. The summed E-state index contributed by atoms with van der Waals surface area (Å²) in [4.78, 5) is 30.1. The number of imidazole rings is 1. The molecule has 0 saturated carbocycles. The number of thiazole rings is 1. The average Bonchev–Trinajstić information content (AvgIpc) is 3.22. The molecule has 0 saturated heterocycles. The van der Waals surface area contributed by atoms with Gasteiger partial charge in [-0.05, 0) is 35.9 Å². The number of rotatable bonds is 4. The van der Waals surface area contributed by atoms with Gasteiger partial charge >= 0.3 is 0 Å². The van der Waals surface area contributed by atoms with Crippen molar-refractivity contribution in [3.05, 3.63) is 85.3 Å². The fraction of sp³-hybridized carbons (Fsp3) is 0.100. The highest BCUT2D eigenvalue weighted by Gasteiger charge is 2.11. The molecule has 28 heavy (non-hydrogen) atoms. The average molecular weight is 392 g/mol. The number of nitro benzene ring substituents is 1. The van der Waals surface area contributed by atoms with Crippen LogP contribution in [0.4, 0.5) is 11.4 Å². The van der Waals surface area contributed by atoms with Gasteiger partial charge in [0.25, 0.3) is 11.2 Å². The molecule has 4 aromatic rings. The molecule has 2 heterocycles. The molecule has 0 aliphatic heterocycles. The summed E-state index contributed by atoms with van der Waals surface area (Å²) in [6, 6.07) is 14.1. The van der Waals surface area contributed by atoms with Crippen molar-refractivity contribution in [1.29, 1.82) is 0 Å². The summed E-state index contributed by atoms with van der Waals surface area (Å²) in [5, 5.41) is 10.8. The van der Waals surface area contributed by atoms with E-state index < -0.39 is 4.92 Å². The van der Waals surface area contributed by atoms with Crippen molar-refractivity contribution >= 4 is 33.7 Å². The molecule has 0 spiro atoms. The molecule has 0 fully saturated rings. The van der Waals surface area contributed by atoms with Crippen molar-refractivity contribution in [1.82, 2.24) is 9.38 Å². The number of nitrogens with zero attached hydrogens (tertiary/aromatic N) is 4. The van der Waals surface area contributed by atoms with E-state index in [1.54, 1.807) is 18.3 Å². The van der Waals surface area contributed by atoms with Gasteiger partial charge in [0.1, 0.15) is 0 Å². The van der Waals surface area contributed by atoms with Gasteiger partial charge in [-0.2, -0.15) is 0 Å². The van der Waals surface area contributed by atoms with Crippen LogP contribution in [0.2, 0.25) is 0 Å². The largest absolute Gasteiger partial charge is 0.378 e. The van der Waals surface area contributed by atoms with Crippen LogP contribution < -0.4 is 15.0 Å². The van der Waals surface area contributed by atoms with E-state index in [2.05, 4.69) is 4.98 Å². The highest BCUT2D eigenvalue weighted by Crippen LogP contribution is 2.22. The van der Waals surface area contributed by atoms with Crippen molar-refractivity contribution in [2.24, 2.45) is 0 Å². The second kappa shape index (κ2) is 6.90. The lowest BCUT2D eigenvalue weighted by atomic mass is 10.1. The summed E-state index contributed by atoms with van der Waals surface area (Å²) in [6.07, 6.45) is 3.52. The van der Waals surface area contributed by atoms with Crippen LogP contribution in [-0.4, -0.2) is 28.4 Å². The van der Waals surface area contributed by atoms with Crippen molar-refractivity contribution in [3.63, 3.8) is 0 Å². The molecular formula is C20H16N4O3S. The molecule has 4 rings (SSSR count). The molecule has 0 atom stereocenters. The number of benzene rings is 2. The summed E-state index contributed by atoms with van der Waals surface area (Å²) >= 11 is 1.32. The molecular weight excluding hydrogens is 376 g/mol. The molecule has 0 amide bonds. The molecule has 2 aromatic carbocycles. The van der Waals surface area contributed by atoms with Crippen molar-refractivity contribution in [2.75, 3.05) is 19.0 Å². The van der Waals surface area contributed by atoms with E-state index in [9.17, 15) is 14.9 Å². The maximum Gasteiger partial charge on any atom is 0.274 e. The first kappa shape index (κ1) is 17.9. The van der Waals surface area contributed by atoms with E-state index in [1.807, 2.05) is 49.3 Å². The zero-order valence-corrected chi connectivity index (χ0v) is 16.0. The van der Waals surface area contributed by atoms with Gasteiger partial charge in [-0.25, -0.2) is 4.98 Å². The second-order valence-electron chi connectivity index (χ2n) is 6.48. The molecule has 0 aliphatic carbocycles. The Morgan fingerprint density at radius 2 is 1.79 bits per heavy atom. The quantitative estimate of drug-likeness (QED) is 0.394. The molecule has 0 aliphatic rings. The van der Waals surface area contributed by atoms with E-state index >= 15 is 0 Å². The molecule has 0 N–H and O–H groups in total. The molecule has 0 unspecified atom stereocenters. The lowest BCUT2D eigenvalue weighted by Crippen LogP contribution is -2.22. The Balaban J connectivity index is 1.70. The van der Waals surface area contributed by atoms with Gasteiger partial charge in [-0.1, -0.05) is 23.5 Å². The Hall–Kier alpha value is -3.52. The minimum absolute atomic E-state index is 0.0199. The SMILES string of the molecule is CN(C)c1ccc(C=c2sc3nc(-c4ccc([N+](=O)[O-])cc4)cn3c2=O)cc1. The molecule has 0 bridgehead atoms. The molecule has 140 valence electrons. The third kappa shape index (κ3) is 3.25. The van der Waals surface area contributed by atoms with Gasteiger partial charge < -0.3 is 4.90 Å². The maximum absolute atomic E-state index is 12.7. The van der Waals surface area contributed by atoms with Crippen molar-refractivity contribution in [3.8, 4) is 11.3 Å². The molecule has 2 aromatic heterocycles. The summed E-state index contributed by atoms with van der Waals surface area (Å²) < 4.78 is 2.12. The van der Waals surface area contributed by atoms with Crippen LogP contribution >= 0.6 is 11.3 Å². The van der Waals surface area contributed by atoms with Gasteiger partial charge in [0, 0.05) is 43.7 Å². The fourth-order valence-electron chi connectivity index (χ4n) is 2.85. The Morgan fingerprint density at radius 1 is 1.11 bits per heavy atom. The van der Waals surface area contributed by atoms with Gasteiger partial charge in [0.15, 0.2) is 4.96 Å². The number of hydrogen-bond acceptors (Lipinski definition) is 6. The zero-order chi connectivity index (χ0) is 19.8. The smallest absolute Gasteiger partial charge is 0.274 e. The number of hydrogen-bond donors (Lipinski definition) is 0. The van der Waals surface area contributed by atoms with Crippen LogP contribution in [0.5, 0.6) is 0 Å². The third-order valence-corrected chi connectivity index (χ3v) is 5.37. The molecule has 7 nitrogen and oxygen atoms in total. The van der Waals surface area contributed by atoms with Crippen LogP contribution in [0, 0.1) is 10.1 Å².